The lowest BCUT2D eigenvalue weighted by molar-refractivity contribution is 0.0713. The van der Waals surface area contributed by atoms with Crippen LogP contribution in [0.25, 0.3) is 5.69 Å². The van der Waals surface area contributed by atoms with E-state index in [9.17, 15) is 9.18 Å². The van der Waals surface area contributed by atoms with Gasteiger partial charge in [-0.3, -0.25) is 4.79 Å². The number of carbonyl (C=O) groups is 1. The zero-order valence-corrected chi connectivity index (χ0v) is 17.1. The first kappa shape index (κ1) is 18.8. The Bertz CT molecular complexity index is 1060. The number of hydrogen-bond acceptors (Lipinski definition) is 4. The highest BCUT2D eigenvalue weighted by Crippen LogP contribution is 2.36. The highest BCUT2D eigenvalue weighted by Gasteiger charge is 2.42. The van der Waals surface area contributed by atoms with Crippen molar-refractivity contribution in [1.82, 2.24) is 19.9 Å². The van der Waals surface area contributed by atoms with Crippen LogP contribution in [0, 0.1) is 19.7 Å². The Morgan fingerprint density at radius 3 is 2.27 bits per heavy atom. The molecule has 3 aromatic rings. The van der Waals surface area contributed by atoms with Gasteiger partial charge >= 0.3 is 0 Å². The van der Waals surface area contributed by atoms with E-state index in [2.05, 4.69) is 47.1 Å². The van der Waals surface area contributed by atoms with Gasteiger partial charge in [-0.15, -0.1) is 0 Å². The summed E-state index contributed by atoms with van der Waals surface area (Å²) in [5, 5.41) is 8.17. The number of amides is 1. The molecular weight excluding hydrogens is 381 g/mol. The summed E-state index contributed by atoms with van der Waals surface area (Å²) in [5.74, 6) is -0.837. The number of hydrogen-bond donors (Lipinski definition) is 0. The fourth-order valence-corrected chi connectivity index (χ4v) is 4.98. The van der Waals surface area contributed by atoms with Crippen molar-refractivity contribution in [3.05, 3.63) is 71.3 Å². The van der Waals surface area contributed by atoms with Crippen LogP contribution in [0.5, 0.6) is 0 Å². The Morgan fingerprint density at radius 1 is 1.00 bits per heavy atom. The van der Waals surface area contributed by atoms with Gasteiger partial charge in [-0.2, -0.15) is 15.0 Å². The van der Waals surface area contributed by atoms with Crippen LogP contribution < -0.4 is 4.90 Å². The number of aromatic nitrogens is 3. The Kier molecular flexibility index (Phi) is 4.53. The number of nitrogens with zero attached hydrogens (tertiary/aromatic N) is 5. The zero-order chi connectivity index (χ0) is 20.8. The van der Waals surface area contributed by atoms with Gasteiger partial charge in [-0.1, -0.05) is 12.1 Å². The number of benzene rings is 2. The molecule has 0 spiro atoms. The second-order valence-corrected chi connectivity index (χ2v) is 8.30. The first-order chi connectivity index (χ1) is 14.5. The minimum absolute atomic E-state index is 0.0351. The van der Waals surface area contributed by atoms with Crippen LogP contribution in [-0.2, 0) is 0 Å². The van der Waals surface area contributed by atoms with E-state index < -0.39 is 5.82 Å². The van der Waals surface area contributed by atoms with Gasteiger partial charge in [0.05, 0.1) is 12.4 Å². The van der Waals surface area contributed by atoms with E-state index in [4.69, 9.17) is 0 Å². The van der Waals surface area contributed by atoms with Crippen molar-refractivity contribution >= 4 is 11.6 Å². The van der Waals surface area contributed by atoms with Gasteiger partial charge < -0.3 is 9.80 Å². The molecule has 2 aliphatic heterocycles. The van der Waals surface area contributed by atoms with Crippen molar-refractivity contribution in [3.8, 4) is 5.69 Å². The summed E-state index contributed by atoms with van der Waals surface area (Å²) in [6.45, 7) is 5.40. The molecule has 2 saturated heterocycles. The molecular formula is C23H24FN5O. The fraction of sp³-hybridized carbons (Fsp3) is 0.348. The zero-order valence-electron chi connectivity index (χ0n) is 17.1. The highest BCUT2D eigenvalue weighted by molar-refractivity contribution is 5.98. The van der Waals surface area contributed by atoms with Crippen LogP contribution in [0.15, 0.2) is 48.8 Å². The van der Waals surface area contributed by atoms with Crippen molar-refractivity contribution in [2.24, 2.45) is 0 Å². The molecule has 7 heteroatoms. The van der Waals surface area contributed by atoms with Crippen molar-refractivity contribution in [3.63, 3.8) is 0 Å². The van der Waals surface area contributed by atoms with E-state index in [0.717, 1.165) is 12.8 Å². The van der Waals surface area contributed by atoms with Crippen molar-refractivity contribution in [1.29, 1.82) is 0 Å². The first-order valence-corrected chi connectivity index (χ1v) is 10.3. The number of halogens is 1. The average Bonchev–Trinajstić information content (AvgIpc) is 3.33. The lowest BCUT2D eigenvalue weighted by Gasteiger charge is -2.43. The SMILES string of the molecule is Cc1cc(C)cc(N2C3CCC2CN(C(=O)c2c(F)cccc2-n2nccn2)C3)c1. The van der Waals surface area contributed by atoms with Gasteiger partial charge in [-0.25, -0.2) is 4.39 Å². The third-order valence-corrected chi connectivity index (χ3v) is 6.11. The molecule has 1 aromatic heterocycles. The van der Waals surface area contributed by atoms with Gasteiger partial charge in [0.2, 0.25) is 0 Å². The van der Waals surface area contributed by atoms with E-state index in [-0.39, 0.29) is 23.6 Å². The summed E-state index contributed by atoms with van der Waals surface area (Å²) in [6.07, 6.45) is 5.10. The third kappa shape index (κ3) is 3.14. The van der Waals surface area contributed by atoms with E-state index in [1.54, 1.807) is 17.0 Å². The normalized spacial score (nSPS) is 20.6. The van der Waals surface area contributed by atoms with Gasteiger partial charge in [0.25, 0.3) is 5.91 Å². The Balaban J connectivity index is 1.44. The summed E-state index contributed by atoms with van der Waals surface area (Å²) >= 11 is 0. The molecule has 6 nitrogen and oxygen atoms in total. The molecule has 3 heterocycles. The Labute approximate surface area is 174 Å². The molecule has 2 atom stereocenters. The third-order valence-electron chi connectivity index (χ3n) is 6.11. The van der Waals surface area contributed by atoms with E-state index in [1.165, 1.54) is 40.1 Å². The maximum atomic E-state index is 14.8. The summed E-state index contributed by atoms with van der Waals surface area (Å²) < 4.78 is 14.8. The molecule has 0 saturated carbocycles. The predicted molar refractivity (Wildman–Crippen MR) is 112 cm³/mol. The number of aryl methyl sites for hydroxylation is 2. The second-order valence-electron chi connectivity index (χ2n) is 8.30. The van der Waals surface area contributed by atoms with Crippen LogP contribution in [0.4, 0.5) is 10.1 Å². The molecule has 2 aliphatic rings. The maximum Gasteiger partial charge on any atom is 0.259 e. The largest absolute Gasteiger partial charge is 0.362 e. The molecule has 0 N–H and O–H groups in total. The van der Waals surface area contributed by atoms with Gasteiger partial charge in [0.1, 0.15) is 17.1 Å². The standard InChI is InChI=1S/C23H24FN5O/c1-15-10-16(2)12-19(11-15)28-17-6-7-18(28)14-27(13-17)23(30)22-20(24)4-3-5-21(22)29-25-8-9-26-29/h3-5,8-12,17-18H,6-7,13-14H2,1-2H3. The first-order valence-electron chi connectivity index (χ1n) is 10.3. The van der Waals surface area contributed by atoms with Crippen LogP contribution >= 0.6 is 0 Å². The molecule has 1 amide bonds. The molecule has 0 aliphatic carbocycles. The Morgan fingerprint density at radius 2 is 1.63 bits per heavy atom. The lowest BCUT2D eigenvalue weighted by Crippen LogP contribution is -2.55. The number of anilines is 1. The number of fused-ring (bicyclic) bond motifs is 2. The quantitative estimate of drug-likeness (QED) is 0.669. The van der Waals surface area contributed by atoms with Crippen LogP contribution in [-0.4, -0.2) is 51.0 Å². The number of carbonyl (C=O) groups excluding carboxylic acids is 1. The minimum atomic E-state index is -0.543. The maximum absolute atomic E-state index is 14.8. The predicted octanol–water partition coefficient (Wildman–Crippen LogP) is 3.52. The van der Waals surface area contributed by atoms with Crippen LogP contribution in [0.2, 0.25) is 0 Å². The smallest absolute Gasteiger partial charge is 0.259 e. The topological polar surface area (TPSA) is 54.3 Å². The molecule has 2 fully saturated rings. The van der Waals surface area contributed by atoms with Crippen molar-refractivity contribution < 1.29 is 9.18 Å². The molecule has 2 aromatic carbocycles. The van der Waals surface area contributed by atoms with Gasteiger partial charge in [-0.05, 0) is 62.1 Å². The lowest BCUT2D eigenvalue weighted by atomic mass is 10.1. The van der Waals surface area contributed by atoms with Crippen molar-refractivity contribution in [2.75, 3.05) is 18.0 Å². The number of likely N-dealkylation sites (tertiary alicyclic amines) is 1. The second kappa shape index (κ2) is 7.23. The molecule has 5 rings (SSSR count). The van der Waals surface area contributed by atoms with Crippen molar-refractivity contribution in [2.45, 2.75) is 38.8 Å². The molecule has 154 valence electrons. The molecule has 2 bridgehead atoms. The van der Waals surface area contributed by atoms with Crippen LogP contribution in [0.3, 0.4) is 0 Å². The summed E-state index contributed by atoms with van der Waals surface area (Å²) in [6, 6.07) is 11.7. The van der Waals surface area contributed by atoms with E-state index >= 15 is 0 Å². The minimum Gasteiger partial charge on any atom is -0.362 e. The fourth-order valence-electron chi connectivity index (χ4n) is 4.98. The molecule has 0 radical (unpaired) electrons. The number of piperazine rings is 1. The summed E-state index contributed by atoms with van der Waals surface area (Å²) in [4.78, 5) is 19.0. The number of rotatable bonds is 3. The molecule has 30 heavy (non-hydrogen) atoms. The van der Waals surface area contributed by atoms with E-state index in [0.29, 0.717) is 18.8 Å². The van der Waals surface area contributed by atoms with E-state index in [1.807, 2.05) is 0 Å². The van der Waals surface area contributed by atoms with Gasteiger partial charge in [0.15, 0.2) is 0 Å². The molecule has 2 unspecified atom stereocenters. The highest BCUT2D eigenvalue weighted by atomic mass is 19.1. The Hall–Kier alpha value is -3.22. The monoisotopic (exact) mass is 405 g/mol. The van der Waals surface area contributed by atoms with Gasteiger partial charge in [0, 0.05) is 30.9 Å². The summed E-state index contributed by atoms with van der Waals surface area (Å²) in [5.41, 5.74) is 4.11. The summed E-state index contributed by atoms with van der Waals surface area (Å²) in [7, 11) is 0. The van der Waals surface area contributed by atoms with Crippen LogP contribution in [0.1, 0.15) is 34.3 Å². The average molecular weight is 405 g/mol.